The highest BCUT2D eigenvalue weighted by molar-refractivity contribution is 5.89. The summed E-state index contributed by atoms with van der Waals surface area (Å²) in [4.78, 5) is 14.8. The van der Waals surface area contributed by atoms with Gasteiger partial charge in [-0.2, -0.15) is 0 Å². The number of urea groups is 1. The Kier molecular flexibility index (Phi) is 8.11. The number of likely N-dealkylation sites (tertiary alicyclic amines) is 1. The monoisotopic (exact) mass is 412 g/mol. The first-order valence-corrected chi connectivity index (χ1v) is 10.6. The fourth-order valence-corrected chi connectivity index (χ4v) is 3.65. The van der Waals surface area contributed by atoms with Crippen LogP contribution in [-0.2, 0) is 16.1 Å². The van der Waals surface area contributed by atoms with Gasteiger partial charge in [-0.05, 0) is 62.1 Å². The van der Waals surface area contributed by atoms with Gasteiger partial charge in [0.15, 0.2) is 0 Å². The van der Waals surface area contributed by atoms with Gasteiger partial charge in [0, 0.05) is 12.2 Å². The number of ether oxygens (including phenoxy) is 3. The third kappa shape index (κ3) is 6.21. The van der Waals surface area contributed by atoms with Gasteiger partial charge >= 0.3 is 6.03 Å². The molecule has 0 spiro atoms. The minimum absolute atomic E-state index is 0.0725. The van der Waals surface area contributed by atoms with Gasteiger partial charge in [-0.3, -0.25) is 0 Å². The van der Waals surface area contributed by atoms with Crippen LogP contribution in [0, 0.1) is 0 Å². The van der Waals surface area contributed by atoms with E-state index in [1.54, 1.807) is 7.11 Å². The average Bonchev–Trinajstić information content (AvgIpc) is 3.24. The van der Waals surface area contributed by atoms with E-state index in [4.69, 9.17) is 14.2 Å². The third-order valence-corrected chi connectivity index (χ3v) is 5.14. The van der Waals surface area contributed by atoms with Crippen LogP contribution in [0.4, 0.5) is 10.5 Å². The number of hydrogen-bond donors (Lipinski definition) is 1. The lowest BCUT2D eigenvalue weighted by molar-refractivity contribution is 0.0143. The lowest BCUT2D eigenvalue weighted by Gasteiger charge is -2.25. The predicted octanol–water partition coefficient (Wildman–Crippen LogP) is 5.01. The van der Waals surface area contributed by atoms with Crippen LogP contribution in [0.2, 0.25) is 0 Å². The van der Waals surface area contributed by atoms with Crippen molar-refractivity contribution in [3.63, 3.8) is 0 Å². The Labute approximate surface area is 179 Å². The number of rotatable bonds is 9. The normalized spacial score (nSPS) is 16.1. The summed E-state index contributed by atoms with van der Waals surface area (Å²) in [5, 5.41) is 3.05. The molecule has 162 valence electrons. The van der Waals surface area contributed by atoms with Crippen molar-refractivity contribution in [3.8, 4) is 5.75 Å². The highest BCUT2D eigenvalue weighted by atomic mass is 16.5. The maximum absolute atomic E-state index is 12.9. The smallest absolute Gasteiger partial charge is 0.322 e. The van der Waals surface area contributed by atoms with E-state index in [-0.39, 0.29) is 18.2 Å². The summed E-state index contributed by atoms with van der Waals surface area (Å²) in [6.45, 7) is 6.38. The number of nitrogens with zero attached hydrogens (tertiary/aromatic N) is 1. The molecule has 1 saturated heterocycles. The van der Waals surface area contributed by atoms with Crippen molar-refractivity contribution in [2.45, 2.75) is 45.4 Å². The topological polar surface area (TPSA) is 60.0 Å². The fraction of sp³-hybridized carbons (Fsp3) is 0.458. The number of carbonyl (C=O) groups is 1. The number of benzene rings is 2. The van der Waals surface area contributed by atoms with Crippen molar-refractivity contribution in [2.75, 3.05) is 32.2 Å². The van der Waals surface area contributed by atoms with Gasteiger partial charge in [0.1, 0.15) is 5.75 Å². The summed E-state index contributed by atoms with van der Waals surface area (Å²) in [6, 6.07) is 15.8. The Morgan fingerprint density at radius 1 is 1.17 bits per heavy atom. The van der Waals surface area contributed by atoms with E-state index >= 15 is 0 Å². The summed E-state index contributed by atoms with van der Waals surface area (Å²) in [6.07, 6.45) is 2.17. The molecule has 6 heteroatoms. The second kappa shape index (κ2) is 11.0. The SMILES string of the molecule is COc1ccc(C2CCCN2C(=O)Nc2cccc(COCCOC(C)C)c2)cc1. The van der Waals surface area contributed by atoms with Crippen molar-refractivity contribution in [3.05, 3.63) is 59.7 Å². The first-order valence-electron chi connectivity index (χ1n) is 10.6. The van der Waals surface area contributed by atoms with Gasteiger partial charge in [0.25, 0.3) is 0 Å². The van der Waals surface area contributed by atoms with Gasteiger partial charge in [0.05, 0.1) is 39.1 Å². The summed E-state index contributed by atoms with van der Waals surface area (Å²) in [5.74, 6) is 0.822. The Balaban J connectivity index is 1.55. The molecule has 1 aliphatic rings. The van der Waals surface area contributed by atoms with Crippen LogP contribution < -0.4 is 10.1 Å². The van der Waals surface area contributed by atoms with E-state index in [0.717, 1.165) is 42.0 Å². The van der Waals surface area contributed by atoms with Gasteiger partial charge in [0.2, 0.25) is 0 Å². The number of amides is 2. The molecule has 1 unspecified atom stereocenters. The van der Waals surface area contributed by atoms with Crippen molar-refractivity contribution >= 4 is 11.7 Å². The summed E-state index contributed by atoms with van der Waals surface area (Å²) >= 11 is 0. The van der Waals surface area contributed by atoms with Crippen LogP contribution >= 0.6 is 0 Å². The van der Waals surface area contributed by atoms with Crippen LogP contribution in [0.5, 0.6) is 5.75 Å². The summed E-state index contributed by atoms with van der Waals surface area (Å²) < 4.78 is 16.4. The minimum Gasteiger partial charge on any atom is -0.497 e. The third-order valence-electron chi connectivity index (χ3n) is 5.14. The van der Waals surface area contributed by atoms with Crippen molar-refractivity contribution < 1.29 is 19.0 Å². The molecule has 0 saturated carbocycles. The van der Waals surface area contributed by atoms with E-state index < -0.39 is 0 Å². The van der Waals surface area contributed by atoms with E-state index in [1.807, 2.05) is 67.3 Å². The zero-order valence-electron chi connectivity index (χ0n) is 18.1. The highest BCUT2D eigenvalue weighted by Crippen LogP contribution is 2.33. The largest absolute Gasteiger partial charge is 0.497 e. The minimum atomic E-state index is -0.0725. The summed E-state index contributed by atoms with van der Waals surface area (Å²) in [5.41, 5.74) is 2.93. The highest BCUT2D eigenvalue weighted by Gasteiger charge is 2.30. The van der Waals surface area contributed by atoms with E-state index in [1.165, 1.54) is 0 Å². The summed E-state index contributed by atoms with van der Waals surface area (Å²) in [7, 11) is 1.66. The average molecular weight is 413 g/mol. The maximum Gasteiger partial charge on any atom is 0.322 e. The second-order valence-electron chi connectivity index (χ2n) is 7.73. The molecule has 2 amide bonds. The molecule has 0 bridgehead atoms. The zero-order chi connectivity index (χ0) is 21.3. The van der Waals surface area contributed by atoms with E-state index in [0.29, 0.717) is 19.8 Å². The number of carbonyl (C=O) groups excluding carboxylic acids is 1. The Morgan fingerprint density at radius 2 is 1.97 bits per heavy atom. The molecule has 2 aromatic rings. The maximum atomic E-state index is 12.9. The number of anilines is 1. The second-order valence-corrected chi connectivity index (χ2v) is 7.73. The van der Waals surface area contributed by atoms with Crippen LogP contribution in [0.25, 0.3) is 0 Å². The first kappa shape index (κ1) is 22.1. The van der Waals surface area contributed by atoms with Crippen LogP contribution in [0.1, 0.15) is 43.9 Å². The number of nitrogens with one attached hydrogen (secondary N) is 1. The van der Waals surface area contributed by atoms with Crippen LogP contribution in [-0.4, -0.2) is 43.9 Å². The van der Waals surface area contributed by atoms with Crippen molar-refractivity contribution in [1.29, 1.82) is 0 Å². The molecule has 1 fully saturated rings. The molecule has 1 N–H and O–H groups in total. The predicted molar refractivity (Wildman–Crippen MR) is 118 cm³/mol. The van der Waals surface area contributed by atoms with Crippen LogP contribution in [0.3, 0.4) is 0 Å². The molecule has 6 nitrogen and oxygen atoms in total. The molecule has 2 aromatic carbocycles. The number of methoxy groups -OCH3 is 1. The molecular formula is C24H32N2O4. The van der Waals surface area contributed by atoms with Crippen molar-refractivity contribution in [2.24, 2.45) is 0 Å². The van der Waals surface area contributed by atoms with E-state index in [2.05, 4.69) is 5.32 Å². The Hall–Kier alpha value is -2.57. The standard InChI is InChI=1S/C24H32N2O4/c1-18(2)30-15-14-29-17-19-6-4-7-21(16-19)25-24(27)26-13-5-8-23(26)20-9-11-22(28-3)12-10-20/h4,6-7,9-12,16,18,23H,5,8,13-15,17H2,1-3H3,(H,25,27). The molecular weight excluding hydrogens is 380 g/mol. The molecule has 30 heavy (non-hydrogen) atoms. The molecule has 0 aromatic heterocycles. The molecule has 1 atom stereocenters. The first-order chi connectivity index (χ1) is 14.6. The fourth-order valence-electron chi connectivity index (χ4n) is 3.65. The van der Waals surface area contributed by atoms with Gasteiger partial charge < -0.3 is 24.4 Å². The lowest BCUT2D eigenvalue weighted by atomic mass is 10.0. The van der Waals surface area contributed by atoms with E-state index in [9.17, 15) is 4.79 Å². The zero-order valence-corrected chi connectivity index (χ0v) is 18.1. The Morgan fingerprint density at radius 3 is 2.70 bits per heavy atom. The van der Waals surface area contributed by atoms with Gasteiger partial charge in [-0.1, -0.05) is 24.3 Å². The molecule has 1 aliphatic heterocycles. The lowest BCUT2D eigenvalue weighted by Crippen LogP contribution is -2.34. The molecule has 3 rings (SSSR count). The van der Waals surface area contributed by atoms with Gasteiger partial charge in [-0.25, -0.2) is 4.79 Å². The van der Waals surface area contributed by atoms with Crippen molar-refractivity contribution in [1.82, 2.24) is 4.90 Å². The van der Waals surface area contributed by atoms with Gasteiger partial charge in [-0.15, -0.1) is 0 Å². The quantitative estimate of drug-likeness (QED) is 0.589. The molecule has 0 radical (unpaired) electrons. The van der Waals surface area contributed by atoms with Crippen LogP contribution in [0.15, 0.2) is 48.5 Å². The Bertz CT molecular complexity index is 807. The molecule has 0 aliphatic carbocycles. The molecule has 1 heterocycles. The number of hydrogen-bond acceptors (Lipinski definition) is 4.